The summed E-state index contributed by atoms with van der Waals surface area (Å²) >= 11 is 0. The first-order valence-electron chi connectivity index (χ1n) is 10.9. The number of fused-ring (bicyclic) bond motifs is 3. The molecule has 0 radical (unpaired) electrons. The van der Waals surface area contributed by atoms with Crippen LogP contribution in [-0.2, 0) is 10.2 Å². The van der Waals surface area contributed by atoms with Crippen molar-refractivity contribution in [2.24, 2.45) is 11.3 Å². The molecule has 152 valence electrons. The molecule has 2 aliphatic carbocycles. The highest BCUT2D eigenvalue weighted by atomic mass is 16.5. The van der Waals surface area contributed by atoms with Gasteiger partial charge in [-0.2, -0.15) is 0 Å². The third-order valence-electron chi connectivity index (χ3n) is 7.25. The van der Waals surface area contributed by atoms with Crippen LogP contribution in [0.1, 0.15) is 79.9 Å². The second-order valence-electron chi connectivity index (χ2n) is 9.71. The van der Waals surface area contributed by atoms with Gasteiger partial charge in [-0.1, -0.05) is 82.7 Å². The SMILES string of the molecule is CC(C)c1ccc2c(c1)C=C[C@H]1[C@](C)(COC(=O)c3ccccc3)CCC[C@]21C. The average molecular weight is 389 g/mol. The van der Waals surface area contributed by atoms with Crippen molar-refractivity contribution in [3.63, 3.8) is 0 Å². The number of hydrogen-bond acceptors (Lipinski definition) is 2. The molecule has 0 saturated heterocycles. The third kappa shape index (κ3) is 3.54. The lowest BCUT2D eigenvalue weighted by molar-refractivity contribution is -0.00989. The predicted molar refractivity (Wildman–Crippen MR) is 119 cm³/mol. The molecule has 0 N–H and O–H groups in total. The minimum absolute atomic E-state index is 0.0532. The Morgan fingerprint density at radius 2 is 1.86 bits per heavy atom. The summed E-state index contributed by atoms with van der Waals surface area (Å²) in [5.41, 5.74) is 4.87. The molecule has 0 unspecified atom stereocenters. The molecule has 2 aromatic carbocycles. The number of hydrogen-bond donors (Lipinski definition) is 0. The van der Waals surface area contributed by atoms with Crippen LogP contribution < -0.4 is 0 Å². The van der Waals surface area contributed by atoms with Crippen LogP contribution in [0.2, 0.25) is 0 Å². The molecule has 2 heteroatoms. The molecule has 0 bridgehead atoms. The second kappa shape index (κ2) is 7.48. The minimum atomic E-state index is -0.221. The third-order valence-corrected chi connectivity index (χ3v) is 7.25. The monoisotopic (exact) mass is 388 g/mol. The molecule has 3 atom stereocenters. The van der Waals surface area contributed by atoms with Crippen LogP contribution in [0.15, 0.2) is 54.6 Å². The Kier molecular flexibility index (Phi) is 5.14. The largest absolute Gasteiger partial charge is 0.461 e. The van der Waals surface area contributed by atoms with Gasteiger partial charge in [0, 0.05) is 5.41 Å². The van der Waals surface area contributed by atoms with E-state index in [-0.39, 0.29) is 16.8 Å². The molecular formula is C27H32O2. The zero-order chi connectivity index (χ0) is 20.6. The zero-order valence-electron chi connectivity index (χ0n) is 18.1. The molecule has 2 nitrogen and oxygen atoms in total. The van der Waals surface area contributed by atoms with Crippen LogP contribution in [0.3, 0.4) is 0 Å². The summed E-state index contributed by atoms with van der Waals surface area (Å²) in [5, 5.41) is 0. The molecule has 0 heterocycles. The van der Waals surface area contributed by atoms with E-state index in [1.54, 1.807) is 0 Å². The quantitative estimate of drug-likeness (QED) is 0.541. The van der Waals surface area contributed by atoms with E-state index in [0.717, 1.165) is 12.8 Å². The normalized spacial score (nSPS) is 28.0. The summed E-state index contributed by atoms with van der Waals surface area (Å²) in [5.74, 6) is 0.679. The molecule has 1 fully saturated rings. The Hall–Kier alpha value is -2.35. The van der Waals surface area contributed by atoms with Gasteiger partial charge in [0.15, 0.2) is 0 Å². The van der Waals surface area contributed by atoms with Crippen LogP contribution in [0, 0.1) is 11.3 Å². The summed E-state index contributed by atoms with van der Waals surface area (Å²) in [6, 6.07) is 16.3. The van der Waals surface area contributed by atoms with Gasteiger partial charge in [-0.3, -0.25) is 0 Å². The molecule has 4 rings (SSSR count). The maximum atomic E-state index is 12.5. The summed E-state index contributed by atoms with van der Waals surface area (Å²) in [7, 11) is 0. The van der Waals surface area contributed by atoms with E-state index in [4.69, 9.17) is 4.74 Å². The van der Waals surface area contributed by atoms with Crippen LogP contribution in [-0.4, -0.2) is 12.6 Å². The van der Waals surface area contributed by atoms with E-state index in [2.05, 4.69) is 58.0 Å². The van der Waals surface area contributed by atoms with Gasteiger partial charge in [-0.15, -0.1) is 0 Å². The Balaban J connectivity index is 1.59. The van der Waals surface area contributed by atoms with Gasteiger partial charge in [0.05, 0.1) is 12.2 Å². The maximum Gasteiger partial charge on any atom is 0.338 e. The van der Waals surface area contributed by atoms with Gasteiger partial charge in [0.1, 0.15) is 0 Å². The molecule has 0 spiro atoms. The Morgan fingerprint density at radius 1 is 1.10 bits per heavy atom. The first-order chi connectivity index (χ1) is 13.8. The first-order valence-corrected chi connectivity index (χ1v) is 10.9. The van der Waals surface area contributed by atoms with Gasteiger partial charge in [0.2, 0.25) is 0 Å². The van der Waals surface area contributed by atoms with Gasteiger partial charge < -0.3 is 4.74 Å². The topological polar surface area (TPSA) is 26.3 Å². The van der Waals surface area contributed by atoms with Crippen LogP contribution in [0.5, 0.6) is 0 Å². The average Bonchev–Trinajstić information content (AvgIpc) is 2.72. The van der Waals surface area contributed by atoms with E-state index in [0.29, 0.717) is 24.0 Å². The fourth-order valence-electron chi connectivity index (χ4n) is 5.53. The Labute approximate surface area is 175 Å². The number of benzene rings is 2. The van der Waals surface area contributed by atoms with Crippen molar-refractivity contribution in [1.29, 1.82) is 0 Å². The number of esters is 1. The van der Waals surface area contributed by atoms with Crippen molar-refractivity contribution < 1.29 is 9.53 Å². The molecule has 0 amide bonds. The van der Waals surface area contributed by atoms with Crippen molar-refractivity contribution >= 4 is 12.0 Å². The lowest BCUT2D eigenvalue weighted by Gasteiger charge is -2.53. The molecule has 0 aliphatic heterocycles. The van der Waals surface area contributed by atoms with Crippen LogP contribution in [0.4, 0.5) is 0 Å². The van der Waals surface area contributed by atoms with E-state index in [1.165, 1.54) is 23.1 Å². The van der Waals surface area contributed by atoms with Gasteiger partial charge in [-0.25, -0.2) is 4.79 Å². The number of carbonyl (C=O) groups is 1. The highest BCUT2D eigenvalue weighted by Crippen LogP contribution is 2.56. The second-order valence-corrected chi connectivity index (χ2v) is 9.71. The molecular weight excluding hydrogens is 356 g/mol. The van der Waals surface area contributed by atoms with E-state index in [1.807, 2.05) is 30.3 Å². The number of rotatable bonds is 4. The fourth-order valence-corrected chi connectivity index (χ4v) is 5.53. The predicted octanol–water partition coefficient (Wildman–Crippen LogP) is 6.76. The number of allylic oxidation sites excluding steroid dienone is 1. The lowest BCUT2D eigenvalue weighted by Crippen LogP contribution is -2.49. The van der Waals surface area contributed by atoms with Crippen LogP contribution >= 0.6 is 0 Å². The molecule has 2 aliphatic rings. The van der Waals surface area contributed by atoms with E-state index in [9.17, 15) is 4.79 Å². The Morgan fingerprint density at radius 3 is 2.59 bits per heavy atom. The van der Waals surface area contributed by atoms with Crippen molar-refractivity contribution in [2.75, 3.05) is 6.61 Å². The van der Waals surface area contributed by atoms with Gasteiger partial charge in [0.25, 0.3) is 0 Å². The molecule has 29 heavy (non-hydrogen) atoms. The van der Waals surface area contributed by atoms with Crippen LogP contribution in [0.25, 0.3) is 6.08 Å². The van der Waals surface area contributed by atoms with Crippen molar-refractivity contribution in [3.05, 3.63) is 76.9 Å². The van der Waals surface area contributed by atoms with Crippen molar-refractivity contribution in [2.45, 2.75) is 58.3 Å². The summed E-state index contributed by atoms with van der Waals surface area (Å²) in [6.45, 7) is 9.66. The summed E-state index contributed by atoms with van der Waals surface area (Å²) < 4.78 is 5.83. The number of carbonyl (C=O) groups excluding carboxylic acids is 1. The van der Waals surface area contributed by atoms with Crippen molar-refractivity contribution in [1.82, 2.24) is 0 Å². The zero-order valence-corrected chi connectivity index (χ0v) is 18.1. The highest BCUT2D eigenvalue weighted by molar-refractivity contribution is 5.89. The molecule has 2 aromatic rings. The molecule has 1 saturated carbocycles. The van der Waals surface area contributed by atoms with Crippen molar-refractivity contribution in [3.8, 4) is 0 Å². The lowest BCUT2D eigenvalue weighted by atomic mass is 9.52. The van der Waals surface area contributed by atoms with Gasteiger partial charge in [-0.05, 0) is 58.9 Å². The van der Waals surface area contributed by atoms with Gasteiger partial charge >= 0.3 is 5.97 Å². The van der Waals surface area contributed by atoms with E-state index < -0.39 is 0 Å². The smallest absolute Gasteiger partial charge is 0.338 e. The summed E-state index contributed by atoms with van der Waals surface area (Å²) in [4.78, 5) is 12.5. The standard InChI is InChI=1S/C27H32O2/c1-19(2)21-11-13-23-22(17-21)12-14-24-26(3,15-8-16-27(23,24)4)18-29-25(28)20-9-6-5-7-10-20/h5-7,9-14,17,19,24H,8,15-16,18H2,1-4H3/t24-,26-,27+/m0/s1. The molecule has 0 aromatic heterocycles. The fraction of sp³-hybridized carbons (Fsp3) is 0.444. The minimum Gasteiger partial charge on any atom is -0.461 e. The summed E-state index contributed by atoms with van der Waals surface area (Å²) in [6.07, 6.45) is 8.11. The maximum absolute atomic E-state index is 12.5. The van der Waals surface area contributed by atoms with E-state index >= 15 is 0 Å². The first kappa shape index (κ1) is 19.9. The highest BCUT2D eigenvalue weighted by Gasteiger charge is 2.50. The number of ether oxygens (including phenoxy) is 1. The Bertz CT molecular complexity index is 927.